The Morgan fingerprint density at radius 1 is 1.33 bits per heavy atom. The van der Waals surface area contributed by atoms with Gasteiger partial charge in [0.05, 0.1) is 13.0 Å². The van der Waals surface area contributed by atoms with Crippen LogP contribution in [-0.2, 0) is 16.0 Å². The number of hydrogen-bond acceptors (Lipinski definition) is 4. The van der Waals surface area contributed by atoms with Crippen molar-refractivity contribution in [1.82, 2.24) is 10.2 Å². The third-order valence-electron chi connectivity index (χ3n) is 4.65. The van der Waals surface area contributed by atoms with Crippen LogP contribution in [0.1, 0.15) is 25.3 Å². The number of rotatable bonds is 7. The Morgan fingerprint density at radius 2 is 2.08 bits per heavy atom. The van der Waals surface area contributed by atoms with Crippen LogP contribution in [-0.4, -0.2) is 47.1 Å². The number of aliphatic carboxylic acids is 1. The first-order valence-corrected chi connectivity index (χ1v) is 9.15. The highest BCUT2D eigenvalue weighted by molar-refractivity contribution is 7.17. The Kier molecular flexibility index (Phi) is 5.16. The summed E-state index contributed by atoms with van der Waals surface area (Å²) in [6, 6.07) is 8.55. The molecule has 1 aliphatic carbocycles. The Hall–Kier alpha value is -1.92. The first-order chi connectivity index (χ1) is 11.6. The van der Waals surface area contributed by atoms with Crippen LogP contribution in [0, 0.1) is 0 Å². The van der Waals surface area contributed by atoms with E-state index in [0.29, 0.717) is 6.42 Å². The Morgan fingerprint density at radius 3 is 2.79 bits per heavy atom. The average Bonchev–Trinajstić information content (AvgIpc) is 2.91. The summed E-state index contributed by atoms with van der Waals surface area (Å²) in [5.74, 6) is -0.753. The number of amides is 1. The standard InChI is InChI=1S/C18H22N2O3S/c1-2-20(10-18(22)23)14-8-13(9-14)19-17(21)7-12-11-24-16-6-4-3-5-15(12)16/h3-6,11,13-14H,2,7-10H2,1H3,(H,19,21)(H,22,23). The van der Waals surface area contributed by atoms with E-state index in [0.717, 1.165) is 30.3 Å². The Bertz CT molecular complexity index is 737. The van der Waals surface area contributed by atoms with Crippen molar-refractivity contribution in [3.05, 3.63) is 35.2 Å². The average molecular weight is 346 g/mol. The molecule has 0 atom stereocenters. The van der Waals surface area contributed by atoms with Crippen LogP contribution in [0.5, 0.6) is 0 Å². The summed E-state index contributed by atoms with van der Waals surface area (Å²) in [5.41, 5.74) is 1.07. The minimum absolute atomic E-state index is 0.0447. The number of benzene rings is 1. The van der Waals surface area contributed by atoms with Crippen molar-refractivity contribution in [2.24, 2.45) is 0 Å². The molecule has 0 aliphatic heterocycles. The number of carbonyl (C=O) groups is 2. The molecule has 1 saturated carbocycles. The lowest BCUT2D eigenvalue weighted by atomic mass is 9.85. The Labute approximate surface area is 145 Å². The van der Waals surface area contributed by atoms with Crippen LogP contribution in [0.25, 0.3) is 10.1 Å². The van der Waals surface area contributed by atoms with Gasteiger partial charge in [0, 0.05) is 16.8 Å². The number of hydrogen-bond donors (Lipinski definition) is 2. The topological polar surface area (TPSA) is 69.6 Å². The fourth-order valence-corrected chi connectivity index (χ4v) is 4.26. The number of nitrogens with one attached hydrogen (secondary N) is 1. The van der Waals surface area contributed by atoms with Crippen molar-refractivity contribution in [2.75, 3.05) is 13.1 Å². The fraction of sp³-hybridized carbons (Fsp3) is 0.444. The second-order valence-corrected chi connectivity index (χ2v) is 7.19. The summed E-state index contributed by atoms with van der Waals surface area (Å²) in [5, 5.41) is 15.2. The molecule has 1 heterocycles. The molecule has 0 bridgehead atoms. The summed E-state index contributed by atoms with van der Waals surface area (Å²) in [6.45, 7) is 2.76. The molecule has 1 amide bonds. The summed E-state index contributed by atoms with van der Waals surface area (Å²) < 4.78 is 1.20. The molecular weight excluding hydrogens is 324 g/mol. The van der Waals surface area contributed by atoms with Crippen molar-refractivity contribution in [3.8, 4) is 0 Å². The number of fused-ring (bicyclic) bond motifs is 1. The van der Waals surface area contributed by atoms with Gasteiger partial charge in [-0.1, -0.05) is 25.1 Å². The van der Waals surface area contributed by atoms with Gasteiger partial charge in [-0.25, -0.2) is 0 Å². The van der Waals surface area contributed by atoms with E-state index in [1.807, 2.05) is 24.0 Å². The second-order valence-electron chi connectivity index (χ2n) is 6.28. The second kappa shape index (κ2) is 7.32. The van der Waals surface area contributed by atoms with Crippen LogP contribution in [0.15, 0.2) is 29.6 Å². The summed E-state index contributed by atoms with van der Waals surface area (Å²) in [4.78, 5) is 25.1. The lowest BCUT2D eigenvalue weighted by Gasteiger charge is -2.42. The van der Waals surface area contributed by atoms with Gasteiger partial charge in [-0.2, -0.15) is 0 Å². The predicted molar refractivity (Wildman–Crippen MR) is 95.4 cm³/mol. The van der Waals surface area contributed by atoms with Gasteiger partial charge in [-0.05, 0) is 41.8 Å². The molecule has 2 N–H and O–H groups in total. The van der Waals surface area contributed by atoms with Crippen molar-refractivity contribution in [3.63, 3.8) is 0 Å². The molecule has 2 aromatic rings. The first kappa shape index (κ1) is 16.9. The third kappa shape index (κ3) is 3.76. The predicted octanol–water partition coefficient (Wildman–Crippen LogP) is 2.50. The maximum absolute atomic E-state index is 12.3. The molecule has 0 saturated heterocycles. The molecule has 6 heteroatoms. The van der Waals surface area contributed by atoms with E-state index >= 15 is 0 Å². The first-order valence-electron chi connectivity index (χ1n) is 8.27. The minimum Gasteiger partial charge on any atom is -0.480 e. The van der Waals surface area contributed by atoms with E-state index in [1.165, 1.54) is 4.70 Å². The number of thiophene rings is 1. The van der Waals surface area contributed by atoms with Gasteiger partial charge < -0.3 is 10.4 Å². The van der Waals surface area contributed by atoms with Gasteiger partial charge in [0.15, 0.2) is 0 Å². The van der Waals surface area contributed by atoms with Crippen LogP contribution < -0.4 is 5.32 Å². The molecule has 0 spiro atoms. The zero-order valence-electron chi connectivity index (χ0n) is 13.7. The number of carboxylic acid groups (broad SMARTS) is 1. The zero-order chi connectivity index (χ0) is 17.1. The maximum atomic E-state index is 12.3. The van der Waals surface area contributed by atoms with Crippen molar-refractivity contribution in [1.29, 1.82) is 0 Å². The SMILES string of the molecule is CCN(CC(=O)O)C1CC(NC(=O)Cc2csc3ccccc23)C1. The van der Waals surface area contributed by atoms with Crippen LogP contribution in [0.4, 0.5) is 0 Å². The normalized spacial score (nSPS) is 20.1. The lowest BCUT2D eigenvalue weighted by Crippen LogP contribution is -2.55. The van der Waals surface area contributed by atoms with Crippen LogP contribution in [0.3, 0.4) is 0 Å². The van der Waals surface area contributed by atoms with Crippen LogP contribution >= 0.6 is 11.3 Å². The van der Waals surface area contributed by atoms with E-state index in [1.54, 1.807) is 11.3 Å². The molecule has 1 fully saturated rings. The number of nitrogens with zero attached hydrogens (tertiary/aromatic N) is 1. The van der Waals surface area contributed by atoms with E-state index in [9.17, 15) is 9.59 Å². The summed E-state index contributed by atoms with van der Waals surface area (Å²) in [6.07, 6.45) is 2.06. The monoisotopic (exact) mass is 346 g/mol. The van der Waals surface area contributed by atoms with Crippen molar-refractivity contribution < 1.29 is 14.7 Å². The van der Waals surface area contributed by atoms with Crippen LogP contribution in [0.2, 0.25) is 0 Å². The largest absolute Gasteiger partial charge is 0.480 e. The maximum Gasteiger partial charge on any atom is 0.317 e. The zero-order valence-corrected chi connectivity index (χ0v) is 14.5. The molecule has 128 valence electrons. The molecule has 0 unspecified atom stereocenters. The number of carboxylic acids is 1. The van der Waals surface area contributed by atoms with E-state index in [-0.39, 0.29) is 24.5 Å². The van der Waals surface area contributed by atoms with Gasteiger partial charge >= 0.3 is 5.97 Å². The minimum atomic E-state index is -0.798. The van der Waals surface area contributed by atoms with Gasteiger partial charge in [0.2, 0.25) is 5.91 Å². The van der Waals surface area contributed by atoms with E-state index in [2.05, 4.69) is 22.8 Å². The molecule has 1 aromatic heterocycles. The van der Waals surface area contributed by atoms with Gasteiger partial charge in [0.25, 0.3) is 0 Å². The summed E-state index contributed by atoms with van der Waals surface area (Å²) in [7, 11) is 0. The quantitative estimate of drug-likeness (QED) is 0.808. The Balaban J connectivity index is 1.49. The molecule has 24 heavy (non-hydrogen) atoms. The van der Waals surface area contributed by atoms with E-state index in [4.69, 9.17) is 5.11 Å². The van der Waals surface area contributed by atoms with E-state index < -0.39 is 5.97 Å². The molecule has 5 nitrogen and oxygen atoms in total. The molecule has 3 rings (SSSR count). The molecule has 0 radical (unpaired) electrons. The molecule has 1 aromatic carbocycles. The number of carbonyl (C=O) groups excluding carboxylic acids is 1. The third-order valence-corrected chi connectivity index (χ3v) is 5.66. The highest BCUT2D eigenvalue weighted by Crippen LogP contribution is 2.27. The van der Waals surface area contributed by atoms with Gasteiger partial charge in [0.1, 0.15) is 0 Å². The van der Waals surface area contributed by atoms with Gasteiger partial charge in [-0.3, -0.25) is 14.5 Å². The van der Waals surface area contributed by atoms with Crippen molar-refractivity contribution >= 4 is 33.3 Å². The molecule has 1 aliphatic rings. The molecular formula is C18H22N2O3S. The van der Waals surface area contributed by atoms with Gasteiger partial charge in [-0.15, -0.1) is 11.3 Å². The number of likely N-dealkylation sites (N-methyl/N-ethyl adjacent to an activating group) is 1. The fourth-order valence-electron chi connectivity index (χ4n) is 3.30. The smallest absolute Gasteiger partial charge is 0.317 e. The summed E-state index contributed by atoms with van der Waals surface area (Å²) >= 11 is 1.67. The highest BCUT2D eigenvalue weighted by atomic mass is 32.1. The van der Waals surface area contributed by atoms with Crippen molar-refractivity contribution in [2.45, 2.75) is 38.3 Å². The highest BCUT2D eigenvalue weighted by Gasteiger charge is 2.34. The lowest BCUT2D eigenvalue weighted by molar-refractivity contribution is -0.139.